The highest BCUT2D eigenvalue weighted by atomic mass is 16.5. The van der Waals surface area contributed by atoms with E-state index in [4.69, 9.17) is 9.63 Å². The van der Waals surface area contributed by atoms with Crippen molar-refractivity contribution in [1.29, 1.82) is 0 Å². The van der Waals surface area contributed by atoms with E-state index in [1.54, 1.807) is 0 Å². The van der Waals surface area contributed by atoms with Gasteiger partial charge in [-0.25, -0.2) is 0 Å². The van der Waals surface area contributed by atoms with E-state index in [1.165, 1.54) is 0 Å². The van der Waals surface area contributed by atoms with Gasteiger partial charge in [0.2, 0.25) is 11.7 Å². The van der Waals surface area contributed by atoms with Gasteiger partial charge < -0.3 is 9.63 Å². The standard InChI is InChI=1S/C14H16N2O3/c1-9-6-10(2)8-11(7-9)14-15-12(19-16-14)4-3-5-13(17)18/h6-8H,3-5H2,1-2H3,(H,17,18). The Balaban J connectivity index is 2.09. The molecule has 0 radical (unpaired) electrons. The molecule has 0 aliphatic rings. The highest BCUT2D eigenvalue weighted by molar-refractivity contribution is 5.66. The lowest BCUT2D eigenvalue weighted by molar-refractivity contribution is -0.137. The summed E-state index contributed by atoms with van der Waals surface area (Å²) in [5.74, 6) is 0.224. The number of carboxylic acid groups (broad SMARTS) is 1. The maximum absolute atomic E-state index is 10.4. The minimum Gasteiger partial charge on any atom is -0.481 e. The van der Waals surface area contributed by atoms with Gasteiger partial charge in [0.05, 0.1) is 0 Å². The first kappa shape index (κ1) is 13.3. The second kappa shape index (κ2) is 5.65. The van der Waals surface area contributed by atoms with E-state index in [0.29, 0.717) is 24.6 Å². The summed E-state index contributed by atoms with van der Waals surface area (Å²) in [5, 5.41) is 12.5. The fourth-order valence-corrected chi connectivity index (χ4v) is 1.97. The third-order valence-corrected chi connectivity index (χ3v) is 2.73. The predicted octanol–water partition coefficient (Wildman–Crippen LogP) is 2.76. The molecule has 5 heteroatoms. The van der Waals surface area contributed by atoms with Crippen molar-refractivity contribution >= 4 is 5.97 Å². The van der Waals surface area contributed by atoms with Crippen LogP contribution in [0.3, 0.4) is 0 Å². The van der Waals surface area contributed by atoms with Crippen LogP contribution in [0.2, 0.25) is 0 Å². The SMILES string of the molecule is Cc1cc(C)cc(-c2noc(CCCC(=O)O)n2)c1. The van der Waals surface area contributed by atoms with Crippen molar-refractivity contribution in [3.63, 3.8) is 0 Å². The Morgan fingerprint density at radius 2 is 1.95 bits per heavy atom. The Labute approximate surface area is 111 Å². The zero-order chi connectivity index (χ0) is 13.8. The lowest BCUT2D eigenvalue weighted by Crippen LogP contribution is -1.96. The molecule has 0 atom stereocenters. The number of aryl methyl sites for hydroxylation is 3. The van der Waals surface area contributed by atoms with Crippen LogP contribution in [0.1, 0.15) is 29.9 Å². The molecule has 1 aromatic carbocycles. The maximum Gasteiger partial charge on any atom is 0.303 e. The van der Waals surface area contributed by atoms with Crippen molar-refractivity contribution in [2.24, 2.45) is 0 Å². The number of aliphatic carboxylic acids is 1. The number of hydrogen-bond acceptors (Lipinski definition) is 4. The largest absolute Gasteiger partial charge is 0.481 e. The van der Waals surface area contributed by atoms with Gasteiger partial charge in [-0.1, -0.05) is 22.3 Å². The Morgan fingerprint density at radius 1 is 1.26 bits per heavy atom. The fraction of sp³-hybridized carbons (Fsp3) is 0.357. The monoisotopic (exact) mass is 260 g/mol. The predicted molar refractivity (Wildman–Crippen MR) is 69.8 cm³/mol. The second-order valence-electron chi connectivity index (χ2n) is 4.64. The molecule has 0 aliphatic heterocycles. The van der Waals surface area contributed by atoms with Crippen molar-refractivity contribution in [1.82, 2.24) is 10.1 Å². The average molecular weight is 260 g/mol. The van der Waals surface area contributed by atoms with E-state index in [2.05, 4.69) is 16.2 Å². The first-order valence-corrected chi connectivity index (χ1v) is 6.17. The minimum absolute atomic E-state index is 0.112. The van der Waals surface area contributed by atoms with Crippen LogP contribution >= 0.6 is 0 Å². The number of carboxylic acids is 1. The molecular formula is C14H16N2O3. The Hall–Kier alpha value is -2.17. The number of carbonyl (C=O) groups is 1. The summed E-state index contributed by atoms with van der Waals surface area (Å²) < 4.78 is 5.13. The zero-order valence-corrected chi connectivity index (χ0v) is 11.0. The normalized spacial score (nSPS) is 10.6. The first-order chi connectivity index (χ1) is 9.04. The van der Waals surface area contributed by atoms with Gasteiger partial charge in [-0.15, -0.1) is 0 Å². The summed E-state index contributed by atoms with van der Waals surface area (Å²) in [4.78, 5) is 14.7. The van der Waals surface area contributed by atoms with E-state index in [-0.39, 0.29) is 6.42 Å². The first-order valence-electron chi connectivity index (χ1n) is 6.17. The topological polar surface area (TPSA) is 76.2 Å². The Bertz CT molecular complexity index is 570. The number of aromatic nitrogens is 2. The van der Waals surface area contributed by atoms with Crippen LogP contribution in [-0.2, 0) is 11.2 Å². The van der Waals surface area contributed by atoms with Gasteiger partial charge >= 0.3 is 5.97 Å². The molecule has 0 amide bonds. The molecule has 1 N–H and O–H groups in total. The van der Waals surface area contributed by atoms with Gasteiger partial charge in [-0.3, -0.25) is 4.79 Å². The summed E-state index contributed by atoms with van der Waals surface area (Å²) in [6.45, 7) is 4.04. The van der Waals surface area contributed by atoms with Crippen molar-refractivity contribution < 1.29 is 14.4 Å². The van der Waals surface area contributed by atoms with Gasteiger partial charge in [0.1, 0.15) is 0 Å². The van der Waals surface area contributed by atoms with Gasteiger partial charge in [-0.2, -0.15) is 4.98 Å². The van der Waals surface area contributed by atoms with E-state index >= 15 is 0 Å². The lowest BCUT2D eigenvalue weighted by atomic mass is 10.1. The van der Waals surface area contributed by atoms with Crippen LogP contribution in [0.25, 0.3) is 11.4 Å². The van der Waals surface area contributed by atoms with Crippen LogP contribution in [0.15, 0.2) is 22.7 Å². The summed E-state index contributed by atoms with van der Waals surface area (Å²) >= 11 is 0. The molecule has 2 rings (SSSR count). The highest BCUT2D eigenvalue weighted by Crippen LogP contribution is 2.19. The van der Waals surface area contributed by atoms with E-state index in [0.717, 1.165) is 16.7 Å². The molecule has 0 saturated carbocycles. The molecule has 0 unspecified atom stereocenters. The van der Waals surface area contributed by atoms with Gasteiger partial charge in [0.25, 0.3) is 0 Å². The Kier molecular flexibility index (Phi) is 3.94. The molecule has 0 spiro atoms. The quantitative estimate of drug-likeness (QED) is 0.894. The van der Waals surface area contributed by atoms with Crippen LogP contribution in [0.5, 0.6) is 0 Å². The zero-order valence-electron chi connectivity index (χ0n) is 11.0. The minimum atomic E-state index is -0.811. The van der Waals surface area contributed by atoms with E-state index in [1.807, 2.05) is 26.0 Å². The summed E-state index contributed by atoms with van der Waals surface area (Å²) in [6.07, 6.45) is 1.11. The number of hydrogen-bond donors (Lipinski definition) is 1. The van der Waals surface area contributed by atoms with Crippen molar-refractivity contribution in [3.8, 4) is 11.4 Å². The third kappa shape index (κ3) is 3.64. The van der Waals surface area contributed by atoms with Gasteiger partial charge in [0.15, 0.2) is 0 Å². The van der Waals surface area contributed by atoms with Crippen LogP contribution in [0.4, 0.5) is 0 Å². The van der Waals surface area contributed by atoms with Crippen molar-refractivity contribution in [3.05, 3.63) is 35.2 Å². The molecule has 19 heavy (non-hydrogen) atoms. The Morgan fingerprint density at radius 3 is 2.58 bits per heavy atom. The molecule has 1 aromatic heterocycles. The fourth-order valence-electron chi connectivity index (χ4n) is 1.97. The molecule has 2 aromatic rings. The van der Waals surface area contributed by atoms with Gasteiger partial charge in [0, 0.05) is 18.4 Å². The van der Waals surface area contributed by atoms with Crippen LogP contribution < -0.4 is 0 Å². The summed E-state index contributed by atoms with van der Waals surface area (Å²) in [5.41, 5.74) is 3.21. The van der Waals surface area contributed by atoms with Crippen molar-refractivity contribution in [2.45, 2.75) is 33.1 Å². The molecule has 5 nitrogen and oxygen atoms in total. The molecule has 0 saturated heterocycles. The van der Waals surface area contributed by atoms with Crippen LogP contribution in [-0.4, -0.2) is 21.2 Å². The molecular weight excluding hydrogens is 244 g/mol. The van der Waals surface area contributed by atoms with E-state index < -0.39 is 5.97 Å². The van der Waals surface area contributed by atoms with Crippen molar-refractivity contribution in [2.75, 3.05) is 0 Å². The third-order valence-electron chi connectivity index (χ3n) is 2.73. The van der Waals surface area contributed by atoms with E-state index in [9.17, 15) is 4.79 Å². The second-order valence-corrected chi connectivity index (χ2v) is 4.64. The molecule has 100 valence electrons. The van der Waals surface area contributed by atoms with Crippen LogP contribution in [0, 0.1) is 13.8 Å². The molecule has 0 aliphatic carbocycles. The summed E-state index contributed by atoms with van der Waals surface area (Å²) in [7, 11) is 0. The molecule has 0 bridgehead atoms. The number of rotatable bonds is 5. The highest BCUT2D eigenvalue weighted by Gasteiger charge is 2.09. The average Bonchev–Trinajstić information content (AvgIpc) is 2.76. The maximum atomic E-state index is 10.4. The number of nitrogens with zero attached hydrogens (tertiary/aromatic N) is 2. The summed E-state index contributed by atoms with van der Waals surface area (Å²) in [6, 6.07) is 6.08. The molecule has 1 heterocycles. The lowest BCUT2D eigenvalue weighted by Gasteiger charge is -1.99. The van der Waals surface area contributed by atoms with Gasteiger partial charge in [-0.05, 0) is 32.4 Å². The number of benzene rings is 1. The smallest absolute Gasteiger partial charge is 0.303 e. The molecule has 0 fully saturated rings.